The minimum Gasteiger partial charge on any atom is -0.477 e. The van der Waals surface area contributed by atoms with Gasteiger partial charge in [0.2, 0.25) is 5.91 Å². The number of H-pyrrole nitrogens is 1. The number of aromatic amines is 1. The summed E-state index contributed by atoms with van der Waals surface area (Å²) in [6.45, 7) is 1.83. The van der Waals surface area contributed by atoms with Crippen LogP contribution < -0.4 is 5.73 Å². The molecule has 0 atom stereocenters. The van der Waals surface area contributed by atoms with Crippen molar-refractivity contribution in [3.05, 3.63) is 59.3 Å². The molecule has 1 heterocycles. The number of rotatable bonds is 3. The van der Waals surface area contributed by atoms with E-state index in [2.05, 4.69) is 4.98 Å². The van der Waals surface area contributed by atoms with Crippen molar-refractivity contribution in [1.29, 1.82) is 0 Å². The third-order valence-electron chi connectivity index (χ3n) is 3.68. The number of carboxylic acids is 1. The van der Waals surface area contributed by atoms with E-state index in [1.165, 1.54) is 0 Å². The Hall–Kier alpha value is -3.08. The molecule has 0 radical (unpaired) electrons. The van der Waals surface area contributed by atoms with Crippen molar-refractivity contribution >= 4 is 22.8 Å². The number of aryl methyl sites for hydroxylation is 1. The van der Waals surface area contributed by atoms with Crippen molar-refractivity contribution in [2.75, 3.05) is 0 Å². The fourth-order valence-electron chi connectivity index (χ4n) is 2.65. The highest BCUT2D eigenvalue weighted by Gasteiger charge is 2.14. The number of primary amides is 1. The van der Waals surface area contributed by atoms with Gasteiger partial charge in [-0.3, -0.25) is 4.79 Å². The van der Waals surface area contributed by atoms with Gasteiger partial charge in [-0.1, -0.05) is 24.3 Å². The van der Waals surface area contributed by atoms with E-state index in [1.54, 1.807) is 12.1 Å². The van der Waals surface area contributed by atoms with E-state index in [0.717, 1.165) is 27.6 Å². The number of hydrogen-bond acceptors (Lipinski definition) is 2. The van der Waals surface area contributed by atoms with E-state index in [1.807, 2.05) is 37.3 Å². The number of carbonyl (C=O) groups excluding carboxylic acids is 1. The lowest BCUT2D eigenvalue weighted by Crippen LogP contribution is -2.14. The first-order valence-electron chi connectivity index (χ1n) is 6.73. The van der Waals surface area contributed by atoms with Gasteiger partial charge in [0.05, 0.1) is 0 Å². The number of carboxylic acid groups (broad SMARTS) is 1. The van der Waals surface area contributed by atoms with Crippen molar-refractivity contribution in [2.24, 2.45) is 5.73 Å². The Morgan fingerprint density at radius 3 is 2.59 bits per heavy atom. The van der Waals surface area contributed by atoms with Gasteiger partial charge in [-0.2, -0.15) is 0 Å². The molecule has 1 aromatic heterocycles. The van der Waals surface area contributed by atoms with Crippen molar-refractivity contribution < 1.29 is 14.7 Å². The second kappa shape index (κ2) is 5.04. The van der Waals surface area contributed by atoms with Crippen LogP contribution in [0.2, 0.25) is 0 Å². The van der Waals surface area contributed by atoms with E-state index in [-0.39, 0.29) is 5.69 Å². The minimum absolute atomic E-state index is 0.131. The number of benzene rings is 2. The molecule has 0 unspecified atom stereocenters. The number of hydrogen-bond donors (Lipinski definition) is 3. The molecule has 0 bridgehead atoms. The molecule has 3 aromatic rings. The molecule has 0 spiro atoms. The van der Waals surface area contributed by atoms with Gasteiger partial charge in [-0.25, -0.2) is 4.79 Å². The molecule has 110 valence electrons. The molecule has 0 aliphatic carbocycles. The molecule has 1 amide bonds. The third-order valence-corrected chi connectivity index (χ3v) is 3.68. The second-order valence-electron chi connectivity index (χ2n) is 5.15. The maximum atomic E-state index is 11.7. The number of aromatic nitrogens is 1. The van der Waals surface area contributed by atoms with Crippen molar-refractivity contribution in [3.63, 3.8) is 0 Å². The number of fused-ring (bicyclic) bond motifs is 1. The molecule has 4 N–H and O–H groups in total. The molecule has 5 nitrogen and oxygen atoms in total. The maximum absolute atomic E-state index is 11.7. The Morgan fingerprint density at radius 1 is 1.14 bits per heavy atom. The summed E-state index contributed by atoms with van der Waals surface area (Å²) in [6.07, 6.45) is 0. The van der Waals surface area contributed by atoms with Crippen LogP contribution in [-0.2, 0) is 0 Å². The molecule has 0 aliphatic heterocycles. The van der Waals surface area contributed by atoms with Gasteiger partial charge in [0.1, 0.15) is 5.69 Å². The Labute approximate surface area is 126 Å². The molecule has 0 aliphatic rings. The van der Waals surface area contributed by atoms with E-state index >= 15 is 0 Å². The number of nitrogens with two attached hydrogens (primary N) is 1. The Morgan fingerprint density at radius 2 is 1.91 bits per heavy atom. The van der Waals surface area contributed by atoms with Gasteiger partial charge in [0.25, 0.3) is 0 Å². The van der Waals surface area contributed by atoms with Crippen LogP contribution in [0.25, 0.3) is 22.0 Å². The molecule has 22 heavy (non-hydrogen) atoms. The summed E-state index contributed by atoms with van der Waals surface area (Å²) in [5.41, 5.74) is 9.20. The standard InChI is InChI=1S/C17H14N2O3/c1-9-3-2-4-12(15(9)16(18)20)10-5-6-13-11(7-10)8-14(19-13)17(21)22/h2-8,19H,1H3,(H2,18,20)(H,21,22). The van der Waals surface area contributed by atoms with Gasteiger partial charge >= 0.3 is 5.97 Å². The highest BCUT2D eigenvalue weighted by Crippen LogP contribution is 2.29. The second-order valence-corrected chi connectivity index (χ2v) is 5.15. The number of amides is 1. The number of nitrogens with one attached hydrogen (secondary N) is 1. The molecular weight excluding hydrogens is 280 g/mol. The van der Waals surface area contributed by atoms with Crippen LogP contribution in [0.4, 0.5) is 0 Å². The third kappa shape index (κ3) is 2.22. The summed E-state index contributed by atoms with van der Waals surface area (Å²) >= 11 is 0. The van der Waals surface area contributed by atoms with Crippen LogP contribution in [0.3, 0.4) is 0 Å². The lowest BCUT2D eigenvalue weighted by atomic mass is 9.95. The lowest BCUT2D eigenvalue weighted by molar-refractivity contribution is 0.0691. The van der Waals surface area contributed by atoms with Crippen LogP contribution in [0.1, 0.15) is 26.4 Å². The lowest BCUT2D eigenvalue weighted by Gasteiger charge is -2.10. The fourth-order valence-corrected chi connectivity index (χ4v) is 2.65. The zero-order valence-electron chi connectivity index (χ0n) is 11.9. The largest absolute Gasteiger partial charge is 0.477 e. The average Bonchev–Trinajstić information content (AvgIpc) is 2.89. The zero-order chi connectivity index (χ0) is 15.9. The highest BCUT2D eigenvalue weighted by atomic mass is 16.4. The van der Waals surface area contributed by atoms with Crippen LogP contribution in [0.5, 0.6) is 0 Å². The van der Waals surface area contributed by atoms with E-state index in [4.69, 9.17) is 10.8 Å². The summed E-state index contributed by atoms with van der Waals surface area (Å²) in [4.78, 5) is 25.6. The van der Waals surface area contributed by atoms with Crippen LogP contribution >= 0.6 is 0 Å². The first-order valence-corrected chi connectivity index (χ1v) is 6.73. The predicted octanol–water partition coefficient (Wildman–Crippen LogP) is 2.94. The quantitative estimate of drug-likeness (QED) is 0.693. The topological polar surface area (TPSA) is 96.2 Å². The first kappa shape index (κ1) is 13.9. The number of carbonyl (C=O) groups is 2. The summed E-state index contributed by atoms with van der Waals surface area (Å²) in [7, 11) is 0. The van der Waals surface area contributed by atoms with Crippen LogP contribution in [0, 0.1) is 6.92 Å². The zero-order valence-corrected chi connectivity index (χ0v) is 11.9. The van der Waals surface area contributed by atoms with E-state index in [9.17, 15) is 9.59 Å². The maximum Gasteiger partial charge on any atom is 0.352 e. The van der Waals surface area contributed by atoms with Gasteiger partial charge in [-0.15, -0.1) is 0 Å². The van der Waals surface area contributed by atoms with Gasteiger partial charge in [0.15, 0.2) is 0 Å². The minimum atomic E-state index is -1.01. The molecule has 5 heteroatoms. The smallest absolute Gasteiger partial charge is 0.352 e. The van der Waals surface area contributed by atoms with E-state index < -0.39 is 11.9 Å². The number of aromatic carboxylic acids is 1. The van der Waals surface area contributed by atoms with Gasteiger partial charge in [0, 0.05) is 16.5 Å². The van der Waals surface area contributed by atoms with Crippen molar-refractivity contribution in [3.8, 4) is 11.1 Å². The Kier molecular flexibility index (Phi) is 3.18. The van der Waals surface area contributed by atoms with Gasteiger partial charge < -0.3 is 15.8 Å². The molecule has 0 fully saturated rings. The van der Waals surface area contributed by atoms with E-state index in [0.29, 0.717) is 5.56 Å². The van der Waals surface area contributed by atoms with Gasteiger partial charge in [-0.05, 0) is 41.8 Å². The molecule has 3 rings (SSSR count). The Bertz CT molecular complexity index is 909. The normalized spacial score (nSPS) is 10.8. The fraction of sp³-hybridized carbons (Fsp3) is 0.0588. The molecule has 0 saturated carbocycles. The molecule has 0 saturated heterocycles. The van der Waals surface area contributed by atoms with Crippen LogP contribution in [-0.4, -0.2) is 22.0 Å². The van der Waals surface area contributed by atoms with Crippen LogP contribution in [0.15, 0.2) is 42.5 Å². The summed E-state index contributed by atoms with van der Waals surface area (Å²) in [6, 6.07) is 12.6. The monoisotopic (exact) mass is 294 g/mol. The summed E-state index contributed by atoms with van der Waals surface area (Å²) in [5.74, 6) is -1.49. The summed E-state index contributed by atoms with van der Waals surface area (Å²) in [5, 5.41) is 9.80. The molecule has 2 aromatic carbocycles. The Balaban J connectivity index is 2.21. The predicted molar refractivity (Wildman–Crippen MR) is 83.9 cm³/mol. The average molecular weight is 294 g/mol. The molecular formula is C17H14N2O3. The first-order chi connectivity index (χ1) is 10.5. The SMILES string of the molecule is Cc1cccc(-c2ccc3[nH]c(C(=O)O)cc3c2)c1C(N)=O. The highest BCUT2D eigenvalue weighted by molar-refractivity contribution is 6.02. The van der Waals surface area contributed by atoms with Crippen molar-refractivity contribution in [1.82, 2.24) is 4.98 Å². The summed E-state index contributed by atoms with van der Waals surface area (Å²) < 4.78 is 0. The van der Waals surface area contributed by atoms with Crippen molar-refractivity contribution in [2.45, 2.75) is 6.92 Å².